The Morgan fingerprint density at radius 1 is 1.08 bits per heavy atom. The van der Waals surface area contributed by atoms with E-state index in [0.29, 0.717) is 24.8 Å². The van der Waals surface area contributed by atoms with E-state index in [1.807, 2.05) is 13.8 Å². The molecular formula is C27H45O10P. The van der Waals surface area contributed by atoms with Crippen molar-refractivity contribution in [2.45, 2.75) is 121 Å². The summed E-state index contributed by atoms with van der Waals surface area (Å²) in [6.07, 6.45) is 0.473. The summed E-state index contributed by atoms with van der Waals surface area (Å²) in [6.45, 7) is 8.42. The van der Waals surface area contributed by atoms with Crippen molar-refractivity contribution in [2.75, 3.05) is 0 Å². The van der Waals surface area contributed by atoms with Gasteiger partial charge in [-0.2, -0.15) is 0 Å². The predicted octanol–water partition coefficient (Wildman–Crippen LogP) is 1.97. The van der Waals surface area contributed by atoms with Gasteiger partial charge in [-0.3, -0.25) is 9.32 Å². The Balaban J connectivity index is 1.70. The number of carbonyl (C=O) groups excluding carboxylic acids is 1. The summed E-state index contributed by atoms with van der Waals surface area (Å²) in [5.41, 5.74) is -5.33. The zero-order valence-corrected chi connectivity index (χ0v) is 23.9. The van der Waals surface area contributed by atoms with Crippen LogP contribution in [0.4, 0.5) is 0 Å². The second-order valence-corrected chi connectivity index (χ2v) is 14.9. The van der Waals surface area contributed by atoms with Gasteiger partial charge in [-0.1, -0.05) is 13.8 Å². The van der Waals surface area contributed by atoms with Crippen molar-refractivity contribution >= 4 is 13.6 Å². The summed E-state index contributed by atoms with van der Waals surface area (Å²) in [4.78, 5) is 32.6. The maximum atomic E-state index is 13.3. The minimum absolute atomic E-state index is 0.0175. The molecule has 4 rings (SSSR count). The lowest BCUT2D eigenvalue weighted by Crippen LogP contribution is -2.63. The third kappa shape index (κ3) is 4.88. The number of hydrogen-bond donors (Lipinski definition) is 7. The molecule has 0 aromatic carbocycles. The monoisotopic (exact) mass is 560 g/mol. The predicted molar refractivity (Wildman–Crippen MR) is 138 cm³/mol. The summed E-state index contributed by atoms with van der Waals surface area (Å²) in [5.74, 6) is -1.44. The molecule has 0 bridgehead atoms. The Morgan fingerprint density at radius 2 is 1.71 bits per heavy atom. The second-order valence-electron chi connectivity index (χ2n) is 13.8. The average molecular weight is 561 g/mol. The van der Waals surface area contributed by atoms with E-state index in [0.717, 1.165) is 0 Å². The van der Waals surface area contributed by atoms with Gasteiger partial charge in [-0.05, 0) is 101 Å². The largest absolute Gasteiger partial charge is 0.469 e. The minimum atomic E-state index is -4.99. The molecule has 0 aromatic rings. The van der Waals surface area contributed by atoms with Crippen LogP contribution in [0.1, 0.15) is 86.0 Å². The van der Waals surface area contributed by atoms with Gasteiger partial charge >= 0.3 is 7.82 Å². The topological polar surface area (TPSA) is 185 Å². The third-order valence-electron chi connectivity index (χ3n) is 10.8. The number of aliphatic hydroxyl groups excluding tert-OH is 2. The fourth-order valence-corrected chi connectivity index (χ4v) is 9.28. The number of fused-ring (bicyclic) bond motifs is 5. The summed E-state index contributed by atoms with van der Waals surface area (Å²) in [6, 6.07) is 0. The van der Waals surface area contributed by atoms with E-state index >= 15 is 0 Å². The molecule has 3 fully saturated rings. The van der Waals surface area contributed by atoms with Gasteiger partial charge in [0.25, 0.3) is 0 Å². The maximum absolute atomic E-state index is 13.3. The first-order chi connectivity index (χ1) is 17.2. The van der Waals surface area contributed by atoms with Crippen LogP contribution < -0.4 is 0 Å². The Labute approximate surface area is 224 Å². The number of carbonyl (C=O) groups is 1. The van der Waals surface area contributed by atoms with E-state index in [9.17, 15) is 44.7 Å². The van der Waals surface area contributed by atoms with Crippen molar-refractivity contribution in [1.82, 2.24) is 0 Å². The number of hydrogen-bond acceptors (Lipinski definition) is 8. The second kappa shape index (κ2) is 9.43. The highest BCUT2D eigenvalue weighted by molar-refractivity contribution is 7.46. The highest BCUT2D eigenvalue weighted by atomic mass is 31.2. The number of phosphoric ester groups is 1. The number of ketones is 1. The molecule has 38 heavy (non-hydrogen) atoms. The molecule has 0 heterocycles. The quantitative estimate of drug-likeness (QED) is 0.227. The summed E-state index contributed by atoms with van der Waals surface area (Å²) in [5, 5.41) is 55.2. The van der Waals surface area contributed by atoms with Crippen LogP contribution in [-0.4, -0.2) is 76.2 Å². The van der Waals surface area contributed by atoms with E-state index in [1.54, 1.807) is 13.8 Å². The molecule has 1 unspecified atom stereocenters. The number of aliphatic hydroxyl groups is 5. The first-order valence-corrected chi connectivity index (χ1v) is 15.2. The van der Waals surface area contributed by atoms with Crippen LogP contribution in [0.3, 0.4) is 0 Å². The number of allylic oxidation sites excluding steroid dienone is 1. The van der Waals surface area contributed by atoms with Crippen molar-refractivity contribution in [3.05, 3.63) is 11.6 Å². The van der Waals surface area contributed by atoms with E-state index in [4.69, 9.17) is 4.52 Å². The molecule has 7 N–H and O–H groups in total. The van der Waals surface area contributed by atoms with Crippen molar-refractivity contribution in [3.8, 4) is 0 Å². The van der Waals surface area contributed by atoms with Gasteiger partial charge in [0.05, 0.1) is 35.1 Å². The van der Waals surface area contributed by atoms with Crippen LogP contribution in [0.25, 0.3) is 0 Å². The molecular weight excluding hydrogens is 515 g/mol. The van der Waals surface area contributed by atoms with Crippen LogP contribution in [0.2, 0.25) is 0 Å². The average Bonchev–Trinajstić information content (AvgIpc) is 3.04. The lowest BCUT2D eigenvalue weighted by atomic mass is 9.45. The van der Waals surface area contributed by atoms with Gasteiger partial charge in [0.15, 0.2) is 5.78 Å². The van der Waals surface area contributed by atoms with Crippen molar-refractivity contribution in [3.63, 3.8) is 0 Å². The summed E-state index contributed by atoms with van der Waals surface area (Å²) >= 11 is 0. The SMILES string of the molecule is CC(C)(O)CCC(OP(=O)(O)O)[C@](C)(O)[C@H]1CC[C@@]2(O)C3=CC(=O)[C@@H]4C[C@@H](O)[C@@H](O)C[C@]4(C)[C@H]3CC[C@]12C. The van der Waals surface area contributed by atoms with Gasteiger partial charge < -0.3 is 35.3 Å². The Morgan fingerprint density at radius 3 is 2.29 bits per heavy atom. The smallest absolute Gasteiger partial charge is 0.390 e. The molecule has 10 atom stereocenters. The number of rotatable bonds is 7. The molecule has 218 valence electrons. The Bertz CT molecular complexity index is 1030. The van der Waals surface area contributed by atoms with Gasteiger partial charge in [0.2, 0.25) is 0 Å². The molecule has 0 saturated heterocycles. The van der Waals surface area contributed by atoms with Crippen LogP contribution in [0.5, 0.6) is 0 Å². The Kier molecular flexibility index (Phi) is 7.51. The normalized spacial score (nSPS) is 43.9. The van der Waals surface area contributed by atoms with Crippen LogP contribution in [0.15, 0.2) is 11.6 Å². The van der Waals surface area contributed by atoms with Crippen molar-refractivity contribution in [2.24, 2.45) is 28.6 Å². The fourth-order valence-electron chi connectivity index (χ4n) is 8.63. The minimum Gasteiger partial charge on any atom is -0.390 e. The summed E-state index contributed by atoms with van der Waals surface area (Å²) < 4.78 is 17.0. The highest BCUT2D eigenvalue weighted by Crippen LogP contribution is 2.69. The zero-order chi connectivity index (χ0) is 28.7. The van der Waals surface area contributed by atoms with E-state index in [-0.39, 0.29) is 43.8 Å². The maximum Gasteiger partial charge on any atom is 0.469 e. The van der Waals surface area contributed by atoms with Crippen molar-refractivity contribution < 1.29 is 49.2 Å². The molecule has 0 aromatic heterocycles. The molecule has 0 spiro atoms. The zero-order valence-electron chi connectivity index (χ0n) is 23.0. The molecule has 3 saturated carbocycles. The third-order valence-corrected chi connectivity index (χ3v) is 11.3. The van der Waals surface area contributed by atoms with Crippen LogP contribution >= 0.6 is 7.82 Å². The molecule has 11 heteroatoms. The fraction of sp³-hybridized carbons (Fsp3) is 0.889. The molecule has 0 aliphatic heterocycles. The molecule has 0 amide bonds. The lowest BCUT2D eigenvalue weighted by Gasteiger charge is -2.60. The van der Waals surface area contributed by atoms with E-state index in [1.165, 1.54) is 13.0 Å². The number of phosphoric acid groups is 1. The van der Waals surface area contributed by atoms with E-state index < -0.39 is 65.6 Å². The molecule has 4 aliphatic rings. The lowest BCUT2D eigenvalue weighted by molar-refractivity contribution is -0.175. The van der Waals surface area contributed by atoms with Gasteiger partial charge in [0, 0.05) is 11.3 Å². The van der Waals surface area contributed by atoms with Crippen LogP contribution in [0, 0.1) is 28.6 Å². The van der Waals surface area contributed by atoms with Gasteiger partial charge in [-0.25, -0.2) is 4.57 Å². The standard InChI is InChI=1S/C27H45O10P/c1-23(2,31)9-8-22(37-38(34,35)36)26(5,32)21-7-11-27(33)16-12-18(28)17-13-19(29)20(30)14-24(17,3)15(16)6-10-25(21,27)4/h12,15,17,19-22,29-33H,6-11,13-14H2,1-5H3,(H2,34,35,36)/t15-,17-,19+,20-,21-,22?,24+,25+,26+,27+/m0/s1. The van der Waals surface area contributed by atoms with Gasteiger partial charge in [0.1, 0.15) is 0 Å². The summed E-state index contributed by atoms with van der Waals surface area (Å²) in [7, 11) is -4.99. The van der Waals surface area contributed by atoms with Crippen LogP contribution in [-0.2, 0) is 13.9 Å². The first kappa shape index (κ1) is 30.3. The molecule has 0 radical (unpaired) electrons. The highest BCUT2D eigenvalue weighted by Gasteiger charge is 2.69. The van der Waals surface area contributed by atoms with E-state index in [2.05, 4.69) is 0 Å². The first-order valence-electron chi connectivity index (χ1n) is 13.7. The van der Waals surface area contributed by atoms with Crippen molar-refractivity contribution in [1.29, 1.82) is 0 Å². The molecule has 10 nitrogen and oxygen atoms in total. The van der Waals surface area contributed by atoms with Gasteiger partial charge in [-0.15, -0.1) is 0 Å². The molecule has 4 aliphatic carbocycles. The Hall–Kier alpha value is -0.680.